The highest BCUT2D eigenvalue weighted by molar-refractivity contribution is 5.85. The van der Waals surface area contributed by atoms with E-state index >= 15 is 0 Å². The van der Waals surface area contributed by atoms with E-state index in [0.29, 0.717) is 33.8 Å². The molecule has 0 aliphatic heterocycles. The molecule has 0 bridgehead atoms. The van der Waals surface area contributed by atoms with E-state index in [-0.39, 0.29) is 17.1 Å². The molecule has 0 N–H and O–H groups in total. The molecule has 0 unspecified atom stereocenters. The van der Waals surface area contributed by atoms with E-state index in [1.54, 1.807) is 36.5 Å². The van der Waals surface area contributed by atoms with Crippen molar-refractivity contribution >= 4 is 33.8 Å². The topological polar surface area (TPSA) is 131 Å². The number of hydrogen-bond donors (Lipinski definition) is 0. The first-order valence-electron chi connectivity index (χ1n) is 14.0. The van der Waals surface area contributed by atoms with E-state index in [0.717, 1.165) is 34.2 Å². The highest BCUT2D eigenvalue weighted by Crippen LogP contribution is 2.28. The lowest BCUT2D eigenvalue weighted by Crippen LogP contribution is -2.20. The normalized spacial score (nSPS) is 11.5. The van der Waals surface area contributed by atoms with E-state index < -0.39 is 4.92 Å². The second-order valence-corrected chi connectivity index (χ2v) is 10.3. The zero-order valence-electron chi connectivity index (χ0n) is 24.1. The van der Waals surface area contributed by atoms with E-state index in [1.165, 1.54) is 16.8 Å². The number of aromatic nitrogens is 4. The first kappa shape index (κ1) is 27.5. The zero-order valence-corrected chi connectivity index (χ0v) is 24.1. The average molecular weight is 597 g/mol. The molecule has 0 saturated carbocycles. The van der Waals surface area contributed by atoms with E-state index in [9.17, 15) is 14.9 Å². The molecule has 0 saturated heterocycles. The number of fused-ring (bicyclic) bond motifs is 2. The molecule has 3 aromatic carbocycles. The third-order valence-electron chi connectivity index (χ3n) is 7.43. The number of aryl methyl sites for hydroxylation is 1. The van der Waals surface area contributed by atoms with Gasteiger partial charge in [-0.3, -0.25) is 14.9 Å². The third kappa shape index (κ3) is 5.12. The molecule has 0 spiro atoms. The summed E-state index contributed by atoms with van der Waals surface area (Å²) in [6.07, 6.45) is 2.81. The van der Waals surface area contributed by atoms with Gasteiger partial charge in [0.05, 0.1) is 22.0 Å². The van der Waals surface area contributed by atoms with Gasteiger partial charge in [-0.25, -0.2) is 9.97 Å². The Balaban J connectivity index is 1.22. The standard InChI is InChI=1S/C34H24N6O5/c1-21-17-24(22(2)38(21)25-11-14-27(15-12-25)44-32-16-13-26(20-35-32)40(42)43)19-36-39-33(31-18-23-7-3-6-10-30(23)45-31)37-29-9-5-4-8-28(29)34(39)41/h3-20H,1-2H3. The van der Waals surface area contributed by atoms with Crippen molar-refractivity contribution in [1.29, 1.82) is 0 Å². The van der Waals surface area contributed by atoms with Crippen molar-refractivity contribution in [2.45, 2.75) is 13.8 Å². The maximum atomic E-state index is 13.7. The van der Waals surface area contributed by atoms with Gasteiger partial charge >= 0.3 is 0 Å². The minimum atomic E-state index is -0.511. The molecular formula is C34H24N6O5. The lowest BCUT2D eigenvalue weighted by molar-refractivity contribution is -0.385. The van der Waals surface area contributed by atoms with Crippen molar-refractivity contribution in [3.05, 3.63) is 141 Å². The molecular weight excluding hydrogens is 572 g/mol. The highest BCUT2D eigenvalue weighted by Gasteiger charge is 2.17. The van der Waals surface area contributed by atoms with Gasteiger partial charge in [-0.1, -0.05) is 30.3 Å². The second kappa shape index (κ2) is 11.0. The number of ether oxygens (including phenoxy) is 1. The number of nitrogens with zero attached hydrogens (tertiary/aromatic N) is 6. The van der Waals surface area contributed by atoms with Crippen LogP contribution in [0.25, 0.3) is 39.1 Å². The SMILES string of the molecule is Cc1cc(C=Nn2c(-c3cc4ccccc4o3)nc3ccccc3c2=O)c(C)n1-c1ccc(Oc2ccc([N+](=O)[O-])cn2)cc1. The van der Waals surface area contributed by atoms with Crippen molar-refractivity contribution in [1.82, 2.24) is 19.2 Å². The Morgan fingerprint density at radius 2 is 1.73 bits per heavy atom. The summed E-state index contributed by atoms with van der Waals surface area (Å²) in [5, 5.41) is 16.9. The summed E-state index contributed by atoms with van der Waals surface area (Å²) in [5.74, 6) is 1.53. The molecule has 0 amide bonds. The van der Waals surface area contributed by atoms with Crippen LogP contribution < -0.4 is 10.3 Å². The molecule has 0 radical (unpaired) electrons. The summed E-state index contributed by atoms with van der Waals surface area (Å²) in [6, 6.07) is 28.8. The predicted molar refractivity (Wildman–Crippen MR) is 170 cm³/mol. The molecule has 0 aliphatic rings. The van der Waals surface area contributed by atoms with Gasteiger partial charge in [0, 0.05) is 40.2 Å². The smallest absolute Gasteiger partial charge is 0.287 e. The Bertz CT molecular complexity index is 2280. The molecule has 11 nitrogen and oxygen atoms in total. The summed E-state index contributed by atoms with van der Waals surface area (Å²) >= 11 is 0. The maximum absolute atomic E-state index is 13.7. The summed E-state index contributed by atoms with van der Waals surface area (Å²) in [5.41, 5.74) is 4.41. The van der Waals surface area contributed by atoms with Gasteiger partial charge in [0.15, 0.2) is 5.76 Å². The van der Waals surface area contributed by atoms with Crippen LogP contribution in [0.3, 0.4) is 0 Å². The van der Waals surface area contributed by atoms with Crippen LogP contribution >= 0.6 is 0 Å². The van der Waals surface area contributed by atoms with Crippen molar-refractivity contribution < 1.29 is 14.1 Å². The van der Waals surface area contributed by atoms with E-state index in [4.69, 9.17) is 14.1 Å². The van der Waals surface area contributed by atoms with Crippen LogP contribution in [0.4, 0.5) is 5.69 Å². The Morgan fingerprint density at radius 3 is 2.49 bits per heavy atom. The molecule has 220 valence electrons. The Labute approximate surface area is 255 Å². The number of furan rings is 1. The van der Waals surface area contributed by atoms with E-state index in [2.05, 4.69) is 14.7 Å². The summed E-state index contributed by atoms with van der Waals surface area (Å²) < 4.78 is 15.2. The monoisotopic (exact) mass is 596 g/mol. The zero-order chi connectivity index (χ0) is 31.1. The first-order valence-corrected chi connectivity index (χ1v) is 14.0. The minimum Gasteiger partial charge on any atom is -0.453 e. The van der Waals surface area contributed by atoms with Gasteiger partial charge in [0.25, 0.3) is 11.2 Å². The third-order valence-corrected chi connectivity index (χ3v) is 7.43. The van der Waals surface area contributed by atoms with Crippen molar-refractivity contribution in [3.63, 3.8) is 0 Å². The lowest BCUT2D eigenvalue weighted by Gasteiger charge is -2.11. The number of rotatable bonds is 7. The van der Waals surface area contributed by atoms with Gasteiger partial charge in [0.2, 0.25) is 11.7 Å². The number of para-hydroxylation sites is 2. The van der Waals surface area contributed by atoms with Crippen LogP contribution in [-0.2, 0) is 0 Å². The number of nitro groups is 1. The molecule has 4 heterocycles. The van der Waals surface area contributed by atoms with Crippen LogP contribution in [0.2, 0.25) is 0 Å². The minimum absolute atomic E-state index is 0.108. The predicted octanol–water partition coefficient (Wildman–Crippen LogP) is 7.19. The van der Waals surface area contributed by atoms with E-state index in [1.807, 2.05) is 68.4 Å². The first-order chi connectivity index (χ1) is 21.9. The van der Waals surface area contributed by atoms with Crippen molar-refractivity contribution in [2.24, 2.45) is 5.10 Å². The molecule has 11 heteroatoms. The fourth-order valence-corrected chi connectivity index (χ4v) is 5.24. The molecule has 0 aliphatic carbocycles. The highest BCUT2D eigenvalue weighted by atomic mass is 16.6. The molecule has 7 rings (SSSR count). The fraction of sp³-hybridized carbons (Fsp3) is 0.0588. The molecule has 45 heavy (non-hydrogen) atoms. The van der Waals surface area contributed by atoms with Gasteiger partial charge in [-0.2, -0.15) is 9.78 Å². The second-order valence-electron chi connectivity index (χ2n) is 10.3. The van der Waals surface area contributed by atoms with Gasteiger partial charge in [-0.05, 0) is 68.4 Å². The van der Waals surface area contributed by atoms with Crippen LogP contribution in [0.15, 0.2) is 118 Å². The average Bonchev–Trinajstić information content (AvgIpc) is 3.61. The lowest BCUT2D eigenvalue weighted by atomic mass is 10.2. The number of hydrogen-bond acceptors (Lipinski definition) is 8. The molecule has 0 atom stereocenters. The quantitative estimate of drug-likeness (QED) is 0.108. The van der Waals surface area contributed by atoms with Crippen LogP contribution in [0.5, 0.6) is 11.6 Å². The summed E-state index contributed by atoms with van der Waals surface area (Å²) in [6.45, 7) is 3.96. The van der Waals surface area contributed by atoms with Gasteiger partial charge in [-0.15, -0.1) is 0 Å². The van der Waals surface area contributed by atoms with Crippen molar-refractivity contribution in [2.75, 3.05) is 0 Å². The van der Waals surface area contributed by atoms with Crippen LogP contribution in [0, 0.1) is 24.0 Å². The Morgan fingerprint density at radius 1 is 0.956 bits per heavy atom. The number of benzene rings is 3. The molecule has 7 aromatic rings. The summed E-state index contributed by atoms with van der Waals surface area (Å²) in [7, 11) is 0. The van der Waals surface area contributed by atoms with Gasteiger partial charge < -0.3 is 13.7 Å². The Kier molecular flexibility index (Phi) is 6.74. The van der Waals surface area contributed by atoms with Crippen molar-refractivity contribution in [3.8, 4) is 28.9 Å². The summed E-state index contributed by atoms with van der Waals surface area (Å²) in [4.78, 5) is 32.8. The van der Waals surface area contributed by atoms with Gasteiger partial charge in [0.1, 0.15) is 17.5 Å². The molecule has 0 fully saturated rings. The fourth-order valence-electron chi connectivity index (χ4n) is 5.24. The maximum Gasteiger partial charge on any atom is 0.287 e. The van der Waals surface area contributed by atoms with Crippen LogP contribution in [-0.4, -0.2) is 30.3 Å². The molecule has 4 aromatic heterocycles. The number of pyridine rings is 1. The Hall–Kier alpha value is -6.36. The largest absolute Gasteiger partial charge is 0.453 e. The van der Waals surface area contributed by atoms with Crippen LogP contribution in [0.1, 0.15) is 17.0 Å².